The molecule has 2 aliphatic heterocycles. The van der Waals surface area contributed by atoms with Gasteiger partial charge in [0.2, 0.25) is 0 Å². The number of alkyl halides is 3. The topological polar surface area (TPSA) is 101 Å². The minimum Gasteiger partial charge on any atom is -0.300 e. The number of rotatable bonds is 4. The lowest BCUT2D eigenvalue weighted by molar-refractivity contribution is -0.385. The van der Waals surface area contributed by atoms with E-state index in [0.29, 0.717) is 4.90 Å². The number of β-lactam (4-membered cyclic amide) rings is 1. The van der Waals surface area contributed by atoms with E-state index in [4.69, 9.17) is 0 Å². The molecular formula is C24H13F4N3O5. The fourth-order valence-electron chi connectivity index (χ4n) is 4.53. The molecule has 1 saturated heterocycles. The molecule has 1 fully saturated rings. The van der Waals surface area contributed by atoms with Gasteiger partial charge >= 0.3 is 6.18 Å². The van der Waals surface area contributed by atoms with Gasteiger partial charge in [0.25, 0.3) is 23.4 Å². The molecule has 2 atom stereocenters. The molecule has 8 nitrogen and oxygen atoms in total. The number of benzene rings is 3. The van der Waals surface area contributed by atoms with Crippen LogP contribution in [0.25, 0.3) is 0 Å². The minimum atomic E-state index is -4.70. The molecule has 182 valence electrons. The number of hydrogen-bond donors (Lipinski definition) is 0. The van der Waals surface area contributed by atoms with Crippen LogP contribution in [0.4, 0.5) is 28.9 Å². The van der Waals surface area contributed by atoms with Crippen molar-refractivity contribution in [1.29, 1.82) is 0 Å². The average molecular weight is 499 g/mol. The number of nitrogens with zero attached hydrogens (tertiary/aromatic N) is 3. The minimum absolute atomic E-state index is 0.150. The second-order valence-electron chi connectivity index (χ2n) is 8.13. The molecule has 3 amide bonds. The van der Waals surface area contributed by atoms with Crippen molar-refractivity contribution in [3.05, 3.63) is 105 Å². The van der Waals surface area contributed by atoms with Crippen LogP contribution < -0.4 is 4.90 Å². The summed E-state index contributed by atoms with van der Waals surface area (Å²) >= 11 is 0. The third-order valence-corrected chi connectivity index (χ3v) is 6.13. The van der Waals surface area contributed by atoms with Crippen LogP contribution >= 0.6 is 0 Å². The monoisotopic (exact) mass is 499 g/mol. The molecule has 2 heterocycles. The Balaban J connectivity index is 1.61. The third kappa shape index (κ3) is 3.41. The number of nitro benzene ring substituents is 1. The van der Waals surface area contributed by atoms with Gasteiger partial charge in [-0.15, -0.1) is 0 Å². The summed E-state index contributed by atoms with van der Waals surface area (Å²) < 4.78 is 53.5. The molecule has 12 heteroatoms. The van der Waals surface area contributed by atoms with E-state index in [0.717, 1.165) is 41.3 Å². The Bertz CT molecular complexity index is 1450. The first-order valence-electron chi connectivity index (χ1n) is 10.4. The molecule has 0 N–H and O–H groups in total. The Hall–Kier alpha value is -4.61. The molecule has 0 spiro atoms. The maximum Gasteiger partial charge on any atom is 0.416 e. The lowest BCUT2D eigenvalue weighted by Gasteiger charge is -2.49. The molecule has 0 bridgehead atoms. The molecule has 2 aliphatic rings. The Labute approximate surface area is 199 Å². The first kappa shape index (κ1) is 23.1. The van der Waals surface area contributed by atoms with Crippen molar-refractivity contribution in [3.8, 4) is 0 Å². The summed E-state index contributed by atoms with van der Waals surface area (Å²) in [6.07, 6.45) is -4.70. The molecule has 0 saturated carbocycles. The van der Waals surface area contributed by atoms with Gasteiger partial charge in [-0.1, -0.05) is 24.3 Å². The van der Waals surface area contributed by atoms with E-state index in [9.17, 15) is 42.1 Å². The van der Waals surface area contributed by atoms with Crippen molar-refractivity contribution in [2.75, 3.05) is 4.90 Å². The number of nitro groups is 1. The van der Waals surface area contributed by atoms with Crippen molar-refractivity contribution >= 4 is 29.1 Å². The van der Waals surface area contributed by atoms with Crippen LogP contribution in [0.15, 0.2) is 66.7 Å². The summed E-state index contributed by atoms with van der Waals surface area (Å²) in [5.41, 5.74) is -2.29. The fourth-order valence-corrected chi connectivity index (χ4v) is 4.53. The van der Waals surface area contributed by atoms with Crippen molar-refractivity contribution < 1.29 is 36.9 Å². The maximum absolute atomic E-state index is 13.6. The highest BCUT2D eigenvalue weighted by molar-refractivity contribution is 6.26. The van der Waals surface area contributed by atoms with Gasteiger partial charge in [0.15, 0.2) is 0 Å². The number of carbonyl (C=O) groups excluding carboxylic acids is 3. The van der Waals surface area contributed by atoms with Gasteiger partial charge in [0.1, 0.15) is 17.4 Å². The normalized spacial score (nSPS) is 19.4. The number of hydrogen-bond acceptors (Lipinski definition) is 5. The lowest BCUT2D eigenvalue weighted by Crippen LogP contribution is -2.67. The summed E-state index contributed by atoms with van der Waals surface area (Å²) in [5, 5.41) is 11.4. The van der Waals surface area contributed by atoms with Gasteiger partial charge in [0.05, 0.1) is 22.1 Å². The zero-order valence-electron chi connectivity index (χ0n) is 17.9. The van der Waals surface area contributed by atoms with Gasteiger partial charge in [-0.3, -0.25) is 29.4 Å². The number of amides is 3. The third-order valence-electron chi connectivity index (χ3n) is 6.13. The average Bonchev–Trinajstić information content (AvgIpc) is 3.08. The van der Waals surface area contributed by atoms with Gasteiger partial charge < -0.3 is 4.90 Å². The Morgan fingerprint density at radius 2 is 1.50 bits per heavy atom. The molecule has 3 aromatic rings. The Morgan fingerprint density at radius 1 is 0.833 bits per heavy atom. The predicted molar refractivity (Wildman–Crippen MR) is 115 cm³/mol. The number of halogens is 4. The lowest BCUT2D eigenvalue weighted by atomic mass is 9.86. The second-order valence-corrected chi connectivity index (χ2v) is 8.13. The molecule has 0 aliphatic carbocycles. The van der Waals surface area contributed by atoms with Crippen molar-refractivity contribution in [2.45, 2.75) is 18.3 Å². The Kier molecular flexibility index (Phi) is 5.12. The van der Waals surface area contributed by atoms with E-state index in [2.05, 4.69) is 0 Å². The predicted octanol–water partition coefficient (Wildman–Crippen LogP) is 4.51. The highest BCUT2D eigenvalue weighted by Gasteiger charge is 2.58. The van der Waals surface area contributed by atoms with Crippen LogP contribution in [0.5, 0.6) is 0 Å². The zero-order chi connectivity index (χ0) is 25.9. The van der Waals surface area contributed by atoms with Crippen LogP contribution in [-0.4, -0.2) is 33.6 Å². The number of anilines is 1. The van der Waals surface area contributed by atoms with Crippen molar-refractivity contribution in [3.63, 3.8) is 0 Å². The van der Waals surface area contributed by atoms with Crippen molar-refractivity contribution in [1.82, 2.24) is 4.90 Å². The number of fused-ring (bicyclic) bond motifs is 1. The van der Waals surface area contributed by atoms with E-state index in [1.807, 2.05) is 0 Å². The molecule has 36 heavy (non-hydrogen) atoms. The van der Waals surface area contributed by atoms with Crippen LogP contribution in [0.2, 0.25) is 0 Å². The first-order chi connectivity index (χ1) is 17.0. The van der Waals surface area contributed by atoms with Gasteiger partial charge in [-0.2, -0.15) is 13.2 Å². The molecule has 0 radical (unpaired) electrons. The van der Waals surface area contributed by atoms with E-state index in [1.165, 1.54) is 30.3 Å². The van der Waals surface area contributed by atoms with Gasteiger partial charge in [-0.25, -0.2) is 4.39 Å². The quantitative estimate of drug-likeness (QED) is 0.173. The highest BCUT2D eigenvalue weighted by atomic mass is 19.4. The fraction of sp³-hybridized carbons (Fsp3) is 0.125. The van der Waals surface area contributed by atoms with E-state index >= 15 is 0 Å². The summed E-state index contributed by atoms with van der Waals surface area (Å²) in [4.78, 5) is 51.8. The van der Waals surface area contributed by atoms with Crippen LogP contribution in [0, 0.1) is 15.9 Å². The maximum atomic E-state index is 13.6. The SMILES string of the molecule is O=C1c2cccc([N+](=O)[O-])c2C(=O)N1[C@@H]1C(=O)N(c2cccc(C(F)(F)F)c2)[C@H]1c1ccc(F)cc1. The number of imide groups is 1. The van der Waals surface area contributed by atoms with Gasteiger partial charge in [0, 0.05) is 11.8 Å². The van der Waals surface area contributed by atoms with Crippen LogP contribution in [0.1, 0.15) is 37.9 Å². The van der Waals surface area contributed by atoms with Crippen LogP contribution in [0.3, 0.4) is 0 Å². The standard InChI is InChI=1S/C24H13F4N3O5/c25-14-9-7-12(8-10-14)19-20(23(34)29(19)15-4-1-3-13(11-15)24(26,27)28)30-21(32)16-5-2-6-17(31(35)36)18(16)22(30)33/h1-11,19-20H/t19-,20-/m0/s1. The summed E-state index contributed by atoms with van der Waals surface area (Å²) in [6.45, 7) is 0. The second kappa shape index (κ2) is 7.97. The molecule has 3 aromatic carbocycles. The van der Waals surface area contributed by atoms with E-state index in [1.54, 1.807) is 0 Å². The van der Waals surface area contributed by atoms with E-state index in [-0.39, 0.29) is 16.8 Å². The summed E-state index contributed by atoms with van der Waals surface area (Å²) in [7, 11) is 0. The molecule has 5 rings (SSSR count). The van der Waals surface area contributed by atoms with Crippen LogP contribution in [-0.2, 0) is 11.0 Å². The summed E-state index contributed by atoms with van der Waals surface area (Å²) in [6, 6.07) is 9.41. The molecular weight excluding hydrogens is 486 g/mol. The molecule has 0 unspecified atom stereocenters. The van der Waals surface area contributed by atoms with Crippen molar-refractivity contribution in [2.24, 2.45) is 0 Å². The number of carbonyl (C=O) groups is 3. The van der Waals surface area contributed by atoms with Gasteiger partial charge in [-0.05, 0) is 42.0 Å². The smallest absolute Gasteiger partial charge is 0.300 e. The molecule has 0 aromatic heterocycles. The first-order valence-corrected chi connectivity index (χ1v) is 10.4. The van der Waals surface area contributed by atoms with E-state index < -0.39 is 63.5 Å². The summed E-state index contributed by atoms with van der Waals surface area (Å²) in [5.74, 6) is -3.52. The largest absolute Gasteiger partial charge is 0.416 e. The Morgan fingerprint density at radius 3 is 2.14 bits per heavy atom. The zero-order valence-corrected chi connectivity index (χ0v) is 17.9. The highest BCUT2D eigenvalue weighted by Crippen LogP contribution is 2.46.